The minimum absolute atomic E-state index is 0.155. The molecule has 1 fully saturated rings. The fourth-order valence-electron chi connectivity index (χ4n) is 1.20. The summed E-state index contributed by atoms with van der Waals surface area (Å²) in [5.74, 6) is -1.94. The molecule has 1 aliphatic rings. The maximum Gasteiger partial charge on any atom is 0.338 e. The molecule has 86 valence electrons. The van der Waals surface area contributed by atoms with Gasteiger partial charge in [-0.25, -0.2) is 9.18 Å². The number of benzene rings is 1. The van der Waals surface area contributed by atoms with E-state index in [0.717, 1.165) is 12.8 Å². The Hall–Kier alpha value is -1.07. The molecule has 1 aliphatic carbocycles. The van der Waals surface area contributed by atoms with Crippen LogP contribution in [0.2, 0.25) is 0 Å². The molecule has 0 aromatic heterocycles. The summed E-state index contributed by atoms with van der Waals surface area (Å²) in [5, 5.41) is 8.76. The van der Waals surface area contributed by atoms with E-state index in [0.29, 0.717) is 4.90 Å². The highest BCUT2D eigenvalue weighted by molar-refractivity contribution is 7.97. The number of carbonyl (C=O) groups is 1. The molecule has 0 amide bonds. The maximum absolute atomic E-state index is 13.1. The zero-order chi connectivity index (χ0) is 11.8. The van der Waals surface area contributed by atoms with E-state index >= 15 is 0 Å². The Morgan fingerprint density at radius 3 is 2.81 bits per heavy atom. The third-order valence-corrected chi connectivity index (χ3v) is 3.67. The molecule has 0 saturated heterocycles. The second kappa shape index (κ2) is 4.07. The number of carboxylic acid groups (broad SMARTS) is 1. The molecule has 0 bridgehead atoms. The lowest BCUT2D eigenvalue weighted by Crippen LogP contribution is -2.19. The van der Waals surface area contributed by atoms with Crippen molar-refractivity contribution in [3.05, 3.63) is 29.6 Å². The van der Waals surface area contributed by atoms with Gasteiger partial charge in [0.1, 0.15) is 5.82 Å². The van der Waals surface area contributed by atoms with E-state index in [-0.39, 0.29) is 11.1 Å². The van der Waals surface area contributed by atoms with E-state index in [9.17, 15) is 9.18 Å². The normalized spacial score (nSPS) is 17.1. The van der Waals surface area contributed by atoms with Crippen LogP contribution in [0, 0.1) is 5.82 Å². The van der Waals surface area contributed by atoms with E-state index in [1.807, 2.05) is 0 Å². The summed E-state index contributed by atoms with van der Waals surface area (Å²) in [7, 11) is 0. The fraction of sp³-hybridized carbons (Fsp3) is 0.364. The van der Waals surface area contributed by atoms with Crippen LogP contribution >= 0.6 is 11.9 Å². The smallest absolute Gasteiger partial charge is 0.338 e. The first-order valence-electron chi connectivity index (χ1n) is 4.97. The van der Waals surface area contributed by atoms with Crippen LogP contribution in [0.5, 0.6) is 0 Å². The molecule has 0 spiro atoms. The number of carboxylic acids is 1. The molecule has 0 unspecified atom stereocenters. The van der Waals surface area contributed by atoms with Gasteiger partial charge < -0.3 is 5.11 Å². The van der Waals surface area contributed by atoms with Crippen molar-refractivity contribution in [1.82, 2.24) is 4.72 Å². The van der Waals surface area contributed by atoms with Gasteiger partial charge in [-0.15, -0.1) is 0 Å². The van der Waals surface area contributed by atoms with Gasteiger partial charge in [-0.3, -0.25) is 4.72 Å². The summed E-state index contributed by atoms with van der Waals surface area (Å²) >= 11 is 1.35. The lowest BCUT2D eigenvalue weighted by Gasteiger charge is -2.10. The van der Waals surface area contributed by atoms with Crippen LogP contribution in [-0.4, -0.2) is 16.6 Å². The van der Waals surface area contributed by atoms with Gasteiger partial charge in [-0.2, -0.15) is 0 Å². The van der Waals surface area contributed by atoms with Crippen molar-refractivity contribution >= 4 is 17.9 Å². The first-order valence-corrected chi connectivity index (χ1v) is 5.79. The van der Waals surface area contributed by atoms with Crippen LogP contribution in [0.1, 0.15) is 30.1 Å². The van der Waals surface area contributed by atoms with Crippen LogP contribution in [0.4, 0.5) is 4.39 Å². The average molecular weight is 241 g/mol. The summed E-state index contributed by atoms with van der Waals surface area (Å²) < 4.78 is 16.3. The Morgan fingerprint density at radius 2 is 2.25 bits per heavy atom. The molecule has 0 atom stereocenters. The van der Waals surface area contributed by atoms with Crippen molar-refractivity contribution < 1.29 is 14.3 Å². The first-order chi connectivity index (χ1) is 7.50. The number of hydrogen-bond acceptors (Lipinski definition) is 3. The number of aromatic carboxylic acids is 1. The van der Waals surface area contributed by atoms with Gasteiger partial charge in [0.05, 0.1) is 5.56 Å². The average Bonchev–Trinajstić information content (AvgIpc) is 2.96. The van der Waals surface area contributed by atoms with E-state index in [4.69, 9.17) is 5.11 Å². The zero-order valence-corrected chi connectivity index (χ0v) is 9.60. The minimum atomic E-state index is -1.24. The van der Waals surface area contributed by atoms with Crippen molar-refractivity contribution in [3.8, 4) is 0 Å². The number of halogens is 1. The maximum atomic E-state index is 13.1. The Bertz CT molecular complexity index is 432. The lowest BCUT2D eigenvalue weighted by atomic mass is 10.2. The van der Waals surface area contributed by atoms with Gasteiger partial charge in [0, 0.05) is 10.4 Å². The van der Waals surface area contributed by atoms with Crippen molar-refractivity contribution in [2.45, 2.75) is 30.2 Å². The molecule has 2 N–H and O–H groups in total. The largest absolute Gasteiger partial charge is 0.478 e. The summed E-state index contributed by atoms with van der Waals surface area (Å²) in [6.45, 7) is 2.10. The highest BCUT2D eigenvalue weighted by Gasteiger charge is 2.37. The first kappa shape index (κ1) is 11.4. The minimum Gasteiger partial charge on any atom is -0.478 e. The number of hydrogen-bond donors (Lipinski definition) is 2. The predicted molar refractivity (Wildman–Crippen MR) is 60.0 cm³/mol. The number of rotatable bonds is 4. The van der Waals surface area contributed by atoms with Gasteiger partial charge in [0.15, 0.2) is 0 Å². The second-order valence-electron chi connectivity index (χ2n) is 4.21. The van der Waals surface area contributed by atoms with E-state index in [1.54, 1.807) is 6.07 Å². The van der Waals surface area contributed by atoms with Crippen molar-refractivity contribution in [1.29, 1.82) is 0 Å². The molecule has 5 heteroatoms. The molecular weight excluding hydrogens is 229 g/mol. The summed E-state index contributed by atoms with van der Waals surface area (Å²) in [5.41, 5.74) is -0.129. The zero-order valence-electron chi connectivity index (χ0n) is 8.79. The van der Waals surface area contributed by atoms with Crippen molar-refractivity contribution in [2.24, 2.45) is 0 Å². The van der Waals surface area contributed by atoms with Crippen molar-refractivity contribution in [2.75, 3.05) is 0 Å². The highest BCUT2D eigenvalue weighted by Crippen LogP contribution is 2.37. The Kier molecular flexibility index (Phi) is 2.90. The SMILES string of the molecule is CC1(NSc2ccc(F)c(C(=O)O)c2)CC1. The Balaban J connectivity index is 2.09. The van der Waals surface area contributed by atoms with E-state index in [1.165, 1.54) is 24.1 Å². The predicted octanol–water partition coefficient (Wildman–Crippen LogP) is 2.67. The Labute approximate surface area is 97.2 Å². The third-order valence-electron chi connectivity index (χ3n) is 2.58. The van der Waals surface area contributed by atoms with Gasteiger partial charge in [-0.1, -0.05) is 0 Å². The van der Waals surface area contributed by atoms with E-state index < -0.39 is 11.8 Å². The molecule has 16 heavy (non-hydrogen) atoms. The monoisotopic (exact) mass is 241 g/mol. The number of nitrogens with one attached hydrogen (secondary N) is 1. The quantitative estimate of drug-likeness (QED) is 0.796. The van der Waals surface area contributed by atoms with Crippen LogP contribution in [0.15, 0.2) is 23.1 Å². The van der Waals surface area contributed by atoms with Crippen molar-refractivity contribution in [3.63, 3.8) is 0 Å². The van der Waals surface area contributed by atoms with Crippen LogP contribution < -0.4 is 4.72 Å². The van der Waals surface area contributed by atoms with E-state index in [2.05, 4.69) is 11.6 Å². The second-order valence-corrected chi connectivity index (χ2v) is 5.09. The fourth-order valence-corrected chi connectivity index (χ4v) is 2.08. The van der Waals surface area contributed by atoms with Crippen LogP contribution in [0.3, 0.4) is 0 Å². The van der Waals surface area contributed by atoms with Crippen LogP contribution in [0.25, 0.3) is 0 Å². The van der Waals surface area contributed by atoms with Gasteiger partial charge in [0.2, 0.25) is 0 Å². The topological polar surface area (TPSA) is 49.3 Å². The summed E-state index contributed by atoms with van der Waals surface area (Å²) in [4.78, 5) is 11.4. The molecule has 0 radical (unpaired) electrons. The molecule has 3 nitrogen and oxygen atoms in total. The molecule has 0 aliphatic heterocycles. The molecule has 2 rings (SSSR count). The van der Waals surface area contributed by atoms with Gasteiger partial charge >= 0.3 is 5.97 Å². The van der Waals surface area contributed by atoms with Gasteiger partial charge in [-0.05, 0) is 49.9 Å². The molecule has 1 aromatic carbocycles. The Morgan fingerprint density at radius 1 is 1.56 bits per heavy atom. The highest BCUT2D eigenvalue weighted by atomic mass is 32.2. The molecular formula is C11H12FNO2S. The third kappa shape index (κ3) is 2.54. The summed E-state index contributed by atoms with van der Waals surface area (Å²) in [6.07, 6.45) is 2.24. The van der Waals surface area contributed by atoms with Crippen LogP contribution in [-0.2, 0) is 0 Å². The molecule has 1 aromatic rings. The standard InChI is InChI=1S/C11H12FNO2S/c1-11(4-5-11)13-16-7-2-3-9(12)8(6-7)10(14)15/h2-3,6,13H,4-5H2,1H3,(H,14,15). The molecule has 0 heterocycles. The molecule has 1 saturated carbocycles. The summed E-state index contributed by atoms with van der Waals surface area (Å²) in [6, 6.07) is 4.11. The van der Waals surface area contributed by atoms with Gasteiger partial charge in [0.25, 0.3) is 0 Å². The lowest BCUT2D eigenvalue weighted by molar-refractivity contribution is 0.0691.